The van der Waals surface area contributed by atoms with E-state index in [1.807, 2.05) is 12.1 Å². The van der Waals surface area contributed by atoms with E-state index in [0.717, 1.165) is 30.4 Å². The summed E-state index contributed by atoms with van der Waals surface area (Å²) in [6.45, 7) is 0. The molecule has 2 nitrogen and oxygen atoms in total. The summed E-state index contributed by atoms with van der Waals surface area (Å²) in [7, 11) is 0. The maximum Gasteiger partial charge on any atom is 0.165 e. The van der Waals surface area contributed by atoms with E-state index < -0.39 is 0 Å². The minimum absolute atomic E-state index is 0.174. The monoisotopic (exact) mass is 316 g/mol. The quantitative estimate of drug-likeness (QED) is 0.715. The van der Waals surface area contributed by atoms with Gasteiger partial charge in [0, 0.05) is 24.0 Å². The van der Waals surface area contributed by atoms with Crippen molar-refractivity contribution in [2.45, 2.75) is 44.3 Å². The molecule has 2 atom stereocenters. The van der Waals surface area contributed by atoms with Gasteiger partial charge in [0.15, 0.2) is 23.1 Å². The van der Waals surface area contributed by atoms with Crippen LogP contribution in [0.25, 0.3) is 0 Å². The summed E-state index contributed by atoms with van der Waals surface area (Å²) in [6.07, 6.45) is 3.23. The standard InChI is InChI=1S/C19H18F2O2/c20-16-8-1-4-12-10-14-6-3-7-15(22-18(12)16)11-13-5-2-9-17(21)19(13)23-14/h1-2,4-5,8-9,14-15H,3,6-7,10-11H2/t14-,15-/m1/s1. The summed E-state index contributed by atoms with van der Waals surface area (Å²) in [4.78, 5) is 0. The number of rotatable bonds is 0. The van der Waals surface area contributed by atoms with Gasteiger partial charge in [-0.25, -0.2) is 8.78 Å². The fraction of sp³-hybridized carbons (Fsp3) is 0.368. The Morgan fingerprint density at radius 3 is 1.70 bits per heavy atom. The normalized spacial score (nSPS) is 23.0. The third-order valence-electron chi connectivity index (χ3n) is 4.61. The molecule has 23 heavy (non-hydrogen) atoms. The Bertz CT molecular complexity index is 668. The van der Waals surface area contributed by atoms with E-state index in [4.69, 9.17) is 9.47 Å². The van der Waals surface area contributed by atoms with E-state index in [0.29, 0.717) is 24.3 Å². The molecular weight excluding hydrogens is 298 g/mol. The molecule has 0 saturated carbocycles. The summed E-state index contributed by atoms with van der Waals surface area (Å²) in [5.74, 6) is -0.0258. The predicted molar refractivity (Wildman–Crippen MR) is 82.9 cm³/mol. The van der Waals surface area contributed by atoms with E-state index in [-0.39, 0.29) is 23.8 Å². The second kappa shape index (κ2) is 5.84. The summed E-state index contributed by atoms with van der Waals surface area (Å²) >= 11 is 0. The van der Waals surface area contributed by atoms with Gasteiger partial charge in [0.05, 0.1) is 0 Å². The van der Waals surface area contributed by atoms with Gasteiger partial charge >= 0.3 is 0 Å². The molecule has 2 aliphatic rings. The van der Waals surface area contributed by atoms with Crippen molar-refractivity contribution in [2.24, 2.45) is 0 Å². The molecule has 2 aromatic rings. The van der Waals surface area contributed by atoms with Gasteiger partial charge in [-0.05, 0) is 31.4 Å². The first-order valence-corrected chi connectivity index (χ1v) is 8.09. The number of ether oxygens (including phenoxy) is 2. The Morgan fingerprint density at radius 2 is 1.22 bits per heavy atom. The zero-order valence-electron chi connectivity index (χ0n) is 12.7. The molecule has 120 valence electrons. The fourth-order valence-electron chi connectivity index (χ4n) is 3.49. The molecule has 0 unspecified atom stereocenters. The number of para-hydroxylation sites is 2. The maximum absolute atomic E-state index is 14.2. The second-order valence-electron chi connectivity index (χ2n) is 6.28. The van der Waals surface area contributed by atoms with Gasteiger partial charge < -0.3 is 9.47 Å². The van der Waals surface area contributed by atoms with Crippen LogP contribution in [0.4, 0.5) is 8.78 Å². The molecule has 2 heterocycles. The van der Waals surface area contributed by atoms with Crippen molar-refractivity contribution >= 4 is 0 Å². The Labute approximate surface area is 134 Å². The first-order valence-electron chi connectivity index (χ1n) is 8.09. The molecule has 0 aromatic heterocycles. The minimum Gasteiger partial charge on any atom is -0.487 e. The molecule has 4 heteroatoms. The fourth-order valence-corrected chi connectivity index (χ4v) is 3.49. The summed E-state index contributed by atoms with van der Waals surface area (Å²) in [5, 5.41) is 0. The van der Waals surface area contributed by atoms with Crippen molar-refractivity contribution in [1.29, 1.82) is 0 Å². The zero-order valence-corrected chi connectivity index (χ0v) is 12.7. The van der Waals surface area contributed by atoms with Crippen molar-refractivity contribution in [3.63, 3.8) is 0 Å². The summed E-state index contributed by atoms with van der Waals surface area (Å²) in [6, 6.07) is 9.93. The molecular formula is C19H18F2O2. The summed E-state index contributed by atoms with van der Waals surface area (Å²) in [5.41, 5.74) is 1.59. The third kappa shape index (κ3) is 2.78. The molecule has 0 amide bonds. The van der Waals surface area contributed by atoms with Crippen molar-refractivity contribution in [3.8, 4) is 11.5 Å². The van der Waals surface area contributed by atoms with E-state index >= 15 is 0 Å². The van der Waals surface area contributed by atoms with Gasteiger partial charge in [-0.1, -0.05) is 24.3 Å². The Hall–Kier alpha value is -2.10. The van der Waals surface area contributed by atoms with Crippen LogP contribution >= 0.6 is 0 Å². The lowest BCUT2D eigenvalue weighted by atomic mass is 10.0. The van der Waals surface area contributed by atoms with Crippen LogP contribution in [0.15, 0.2) is 36.4 Å². The maximum atomic E-state index is 14.2. The Kier molecular flexibility index (Phi) is 3.68. The lowest BCUT2D eigenvalue weighted by Crippen LogP contribution is -2.23. The number of benzene rings is 2. The van der Waals surface area contributed by atoms with Crippen LogP contribution in [-0.2, 0) is 12.8 Å². The smallest absolute Gasteiger partial charge is 0.165 e. The van der Waals surface area contributed by atoms with Gasteiger partial charge in [-0.15, -0.1) is 0 Å². The molecule has 2 aliphatic heterocycles. The lowest BCUT2D eigenvalue weighted by molar-refractivity contribution is 0.179. The molecule has 0 fully saturated rings. The second-order valence-corrected chi connectivity index (χ2v) is 6.28. The molecule has 0 aliphatic carbocycles. The van der Waals surface area contributed by atoms with Crippen LogP contribution in [-0.4, -0.2) is 12.2 Å². The predicted octanol–water partition coefficient (Wildman–Crippen LogP) is 4.44. The highest BCUT2D eigenvalue weighted by atomic mass is 19.1. The highest BCUT2D eigenvalue weighted by molar-refractivity contribution is 5.39. The number of hydrogen-bond acceptors (Lipinski definition) is 2. The van der Waals surface area contributed by atoms with Gasteiger partial charge in [-0.3, -0.25) is 0 Å². The first-order chi connectivity index (χ1) is 11.2. The van der Waals surface area contributed by atoms with Crippen LogP contribution < -0.4 is 9.47 Å². The average Bonchev–Trinajstić information content (AvgIpc) is 2.66. The molecule has 0 radical (unpaired) electrons. The SMILES string of the molecule is Fc1cccc2c1O[C@@H]1CCC[C@H](C2)Oc2c(F)cccc2C1. The van der Waals surface area contributed by atoms with Gasteiger partial charge in [-0.2, -0.15) is 0 Å². The van der Waals surface area contributed by atoms with Crippen LogP contribution in [0.3, 0.4) is 0 Å². The van der Waals surface area contributed by atoms with E-state index in [9.17, 15) is 8.78 Å². The van der Waals surface area contributed by atoms with Crippen LogP contribution in [0.1, 0.15) is 30.4 Å². The van der Waals surface area contributed by atoms with Crippen LogP contribution in [0, 0.1) is 11.6 Å². The largest absolute Gasteiger partial charge is 0.487 e. The average molecular weight is 316 g/mol. The van der Waals surface area contributed by atoms with Crippen molar-refractivity contribution in [3.05, 3.63) is 59.2 Å². The van der Waals surface area contributed by atoms with Crippen LogP contribution in [0.5, 0.6) is 11.5 Å². The highest BCUT2D eigenvalue weighted by Crippen LogP contribution is 2.35. The van der Waals surface area contributed by atoms with Crippen molar-refractivity contribution in [2.75, 3.05) is 0 Å². The van der Waals surface area contributed by atoms with Gasteiger partial charge in [0.2, 0.25) is 0 Å². The minimum atomic E-state index is -0.340. The van der Waals surface area contributed by atoms with Gasteiger partial charge in [0.25, 0.3) is 0 Å². The lowest BCUT2D eigenvalue weighted by Gasteiger charge is -2.24. The van der Waals surface area contributed by atoms with Crippen LogP contribution in [0.2, 0.25) is 0 Å². The van der Waals surface area contributed by atoms with Crippen molar-refractivity contribution in [1.82, 2.24) is 0 Å². The van der Waals surface area contributed by atoms with Crippen molar-refractivity contribution < 1.29 is 18.3 Å². The third-order valence-corrected chi connectivity index (χ3v) is 4.61. The molecule has 2 aromatic carbocycles. The van der Waals surface area contributed by atoms with Gasteiger partial charge in [0.1, 0.15) is 12.2 Å². The van der Waals surface area contributed by atoms with E-state index in [1.165, 1.54) is 12.1 Å². The zero-order chi connectivity index (χ0) is 15.8. The van der Waals surface area contributed by atoms with E-state index in [2.05, 4.69) is 0 Å². The molecule has 0 saturated heterocycles. The molecule has 4 rings (SSSR count). The molecule has 0 spiro atoms. The highest BCUT2D eigenvalue weighted by Gasteiger charge is 2.28. The number of halogens is 2. The summed E-state index contributed by atoms with van der Waals surface area (Å²) < 4.78 is 40.4. The Morgan fingerprint density at radius 1 is 0.739 bits per heavy atom. The molecule has 0 N–H and O–H groups in total. The molecule has 2 bridgehead atoms. The topological polar surface area (TPSA) is 18.5 Å². The number of hydrogen-bond donors (Lipinski definition) is 0. The Balaban J connectivity index is 1.82. The van der Waals surface area contributed by atoms with E-state index in [1.54, 1.807) is 12.1 Å². The number of fused-ring (bicyclic) bond motifs is 6. The first kappa shape index (κ1) is 14.5.